The third-order valence-corrected chi connectivity index (χ3v) is 2.89. The van der Waals surface area contributed by atoms with E-state index in [4.69, 9.17) is 22.1 Å². The summed E-state index contributed by atoms with van der Waals surface area (Å²) in [6, 6.07) is 6.80. The van der Waals surface area contributed by atoms with Crippen molar-refractivity contribution < 1.29 is 4.74 Å². The lowest BCUT2D eigenvalue weighted by atomic mass is 10.3. The Hall–Kier alpha value is -1.46. The van der Waals surface area contributed by atoms with Crippen LogP contribution in [0, 0.1) is 0 Å². The number of anilines is 1. The Kier molecular flexibility index (Phi) is 3.71. The van der Waals surface area contributed by atoms with Crippen molar-refractivity contribution in [2.24, 2.45) is 0 Å². The van der Waals surface area contributed by atoms with Gasteiger partial charge in [0, 0.05) is 11.1 Å². The molecule has 0 saturated carbocycles. The van der Waals surface area contributed by atoms with Gasteiger partial charge in [-0.3, -0.25) is 0 Å². The second kappa shape index (κ2) is 5.25. The van der Waals surface area contributed by atoms with Gasteiger partial charge in [0.15, 0.2) is 5.75 Å². The first-order valence-corrected chi connectivity index (χ1v) is 6.38. The van der Waals surface area contributed by atoms with Crippen LogP contribution >= 0.6 is 23.4 Å². The second-order valence-corrected chi connectivity index (χ2v) is 4.45. The summed E-state index contributed by atoms with van der Waals surface area (Å²) in [6.07, 6.45) is 3.38. The van der Waals surface area contributed by atoms with Crippen LogP contribution in [0.5, 0.6) is 11.6 Å². The van der Waals surface area contributed by atoms with Crippen LogP contribution in [0.25, 0.3) is 0 Å². The maximum absolute atomic E-state index is 5.80. The SMILES string of the molecule is CSc1cc(Oc2ccc(Cl)cc2N)ncn1. The number of benzene rings is 1. The normalized spacial score (nSPS) is 10.2. The third kappa shape index (κ3) is 3.01. The van der Waals surface area contributed by atoms with Crippen molar-refractivity contribution in [1.29, 1.82) is 0 Å². The summed E-state index contributed by atoms with van der Waals surface area (Å²) in [5.41, 5.74) is 6.26. The van der Waals surface area contributed by atoms with E-state index >= 15 is 0 Å². The van der Waals surface area contributed by atoms with Crippen LogP contribution < -0.4 is 10.5 Å². The van der Waals surface area contributed by atoms with Crippen molar-refractivity contribution in [3.05, 3.63) is 35.6 Å². The van der Waals surface area contributed by atoms with Crippen LogP contribution in [0.3, 0.4) is 0 Å². The molecule has 0 bridgehead atoms. The Balaban J connectivity index is 2.25. The maximum atomic E-state index is 5.80. The third-order valence-electron chi connectivity index (χ3n) is 2.01. The molecular weight excluding hydrogens is 258 g/mol. The Morgan fingerprint density at radius 1 is 1.29 bits per heavy atom. The van der Waals surface area contributed by atoms with Crippen LogP contribution in [-0.2, 0) is 0 Å². The van der Waals surface area contributed by atoms with E-state index in [1.54, 1.807) is 24.3 Å². The molecule has 0 unspecified atom stereocenters. The summed E-state index contributed by atoms with van der Waals surface area (Å²) < 4.78 is 5.56. The van der Waals surface area contributed by atoms with E-state index in [1.807, 2.05) is 6.26 Å². The van der Waals surface area contributed by atoms with Gasteiger partial charge in [-0.25, -0.2) is 9.97 Å². The molecule has 0 radical (unpaired) electrons. The highest BCUT2D eigenvalue weighted by atomic mass is 35.5. The molecule has 4 nitrogen and oxygen atoms in total. The number of nitrogen functional groups attached to an aromatic ring is 1. The van der Waals surface area contributed by atoms with Gasteiger partial charge in [0.1, 0.15) is 11.4 Å². The first-order chi connectivity index (χ1) is 8.19. The minimum absolute atomic E-state index is 0.457. The molecule has 0 amide bonds. The van der Waals surface area contributed by atoms with Crippen molar-refractivity contribution in [1.82, 2.24) is 9.97 Å². The molecule has 88 valence electrons. The van der Waals surface area contributed by atoms with Crippen LogP contribution in [0.4, 0.5) is 5.69 Å². The molecule has 0 aliphatic carbocycles. The van der Waals surface area contributed by atoms with Crippen LogP contribution in [0.1, 0.15) is 0 Å². The number of rotatable bonds is 3. The van der Waals surface area contributed by atoms with E-state index in [-0.39, 0.29) is 0 Å². The highest BCUT2D eigenvalue weighted by Crippen LogP contribution is 2.29. The second-order valence-electron chi connectivity index (χ2n) is 3.18. The highest BCUT2D eigenvalue weighted by Gasteiger charge is 2.05. The maximum Gasteiger partial charge on any atom is 0.223 e. The predicted octanol–water partition coefficient (Wildman–Crippen LogP) is 3.23. The molecule has 0 saturated heterocycles. The van der Waals surface area contributed by atoms with Crippen molar-refractivity contribution >= 4 is 29.1 Å². The van der Waals surface area contributed by atoms with Crippen LogP contribution in [0.2, 0.25) is 5.02 Å². The molecular formula is C11H10ClN3OS. The molecule has 2 rings (SSSR count). The Morgan fingerprint density at radius 3 is 2.82 bits per heavy atom. The predicted molar refractivity (Wildman–Crippen MR) is 69.8 cm³/mol. The molecule has 1 aromatic carbocycles. The zero-order valence-corrected chi connectivity index (χ0v) is 10.6. The number of halogens is 1. The molecule has 0 aliphatic rings. The summed E-state index contributed by atoms with van der Waals surface area (Å²) in [4.78, 5) is 8.07. The van der Waals surface area contributed by atoms with Crippen molar-refractivity contribution in [2.45, 2.75) is 5.03 Å². The first kappa shape index (κ1) is 12.0. The first-order valence-electron chi connectivity index (χ1n) is 4.78. The van der Waals surface area contributed by atoms with Crippen molar-refractivity contribution in [2.75, 3.05) is 12.0 Å². The molecule has 0 fully saturated rings. The average Bonchev–Trinajstić information content (AvgIpc) is 2.33. The lowest BCUT2D eigenvalue weighted by molar-refractivity contribution is 0.461. The van der Waals surface area contributed by atoms with E-state index in [0.29, 0.717) is 22.3 Å². The standard InChI is InChI=1S/C11H10ClN3OS/c1-17-11-5-10(14-6-15-11)16-9-3-2-7(12)4-8(9)13/h2-6H,13H2,1H3. The van der Waals surface area contributed by atoms with Crippen molar-refractivity contribution in [3.63, 3.8) is 0 Å². The zero-order chi connectivity index (χ0) is 12.3. The molecule has 17 heavy (non-hydrogen) atoms. The zero-order valence-electron chi connectivity index (χ0n) is 9.05. The van der Waals surface area contributed by atoms with Gasteiger partial charge in [0.25, 0.3) is 0 Å². The van der Waals surface area contributed by atoms with Gasteiger partial charge in [-0.15, -0.1) is 11.8 Å². The quantitative estimate of drug-likeness (QED) is 0.526. The van der Waals surface area contributed by atoms with Crippen LogP contribution in [0.15, 0.2) is 35.6 Å². The summed E-state index contributed by atoms with van der Waals surface area (Å²) >= 11 is 7.32. The largest absolute Gasteiger partial charge is 0.437 e. The van der Waals surface area contributed by atoms with Gasteiger partial charge < -0.3 is 10.5 Å². The average molecular weight is 268 g/mol. The van der Waals surface area contributed by atoms with Crippen LogP contribution in [-0.4, -0.2) is 16.2 Å². The Labute approximate surface area is 108 Å². The molecule has 1 aromatic heterocycles. The van der Waals surface area contributed by atoms with Gasteiger partial charge in [0.05, 0.1) is 5.69 Å². The number of nitrogens with two attached hydrogens (primary N) is 1. The summed E-state index contributed by atoms with van der Waals surface area (Å²) in [6.45, 7) is 0. The number of ether oxygens (including phenoxy) is 1. The van der Waals surface area contributed by atoms with E-state index in [9.17, 15) is 0 Å². The minimum atomic E-state index is 0.457. The molecule has 2 aromatic rings. The number of thioether (sulfide) groups is 1. The lowest BCUT2D eigenvalue weighted by Gasteiger charge is -2.07. The number of hydrogen-bond donors (Lipinski definition) is 1. The summed E-state index contributed by atoms with van der Waals surface area (Å²) in [5, 5.41) is 1.41. The smallest absolute Gasteiger partial charge is 0.223 e. The molecule has 0 atom stereocenters. The monoisotopic (exact) mass is 267 g/mol. The van der Waals surface area contributed by atoms with Gasteiger partial charge >= 0.3 is 0 Å². The van der Waals surface area contributed by atoms with Crippen molar-refractivity contribution in [3.8, 4) is 11.6 Å². The van der Waals surface area contributed by atoms with Gasteiger partial charge in [-0.1, -0.05) is 11.6 Å². The van der Waals surface area contributed by atoms with Gasteiger partial charge in [-0.2, -0.15) is 0 Å². The summed E-state index contributed by atoms with van der Waals surface area (Å²) in [7, 11) is 0. The highest BCUT2D eigenvalue weighted by molar-refractivity contribution is 7.98. The minimum Gasteiger partial charge on any atom is -0.437 e. The number of aromatic nitrogens is 2. The fourth-order valence-electron chi connectivity index (χ4n) is 1.22. The molecule has 1 heterocycles. The molecule has 0 aliphatic heterocycles. The molecule has 2 N–H and O–H groups in total. The van der Waals surface area contributed by atoms with Gasteiger partial charge in [0.2, 0.25) is 5.88 Å². The fraction of sp³-hybridized carbons (Fsp3) is 0.0909. The molecule has 6 heteroatoms. The van der Waals surface area contributed by atoms with E-state index in [0.717, 1.165) is 5.03 Å². The van der Waals surface area contributed by atoms with E-state index in [1.165, 1.54) is 18.1 Å². The summed E-state index contributed by atoms with van der Waals surface area (Å²) in [5.74, 6) is 0.985. The number of nitrogens with zero attached hydrogens (tertiary/aromatic N) is 2. The Morgan fingerprint density at radius 2 is 2.12 bits per heavy atom. The number of hydrogen-bond acceptors (Lipinski definition) is 5. The molecule has 0 spiro atoms. The lowest BCUT2D eigenvalue weighted by Crippen LogP contribution is -1.94. The Bertz CT molecular complexity index is 536. The fourth-order valence-corrected chi connectivity index (χ4v) is 1.77. The van der Waals surface area contributed by atoms with E-state index < -0.39 is 0 Å². The topological polar surface area (TPSA) is 61.0 Å². The van der Waals surface area contributed by atoms with Gasteiger partial charge in [-0.05, 0) is 24.5 Å². The van der Waals surface area contributed by atoms with E-state index in [2.05, 4.69) is 9.97 Å².